The lowest BCUT2D eigenvalue weighted by molar-refractivity contribution is 0.300. The van der Waals surface area contributed by atoms with Crippen LogP contribution in [-0.2, 0) is 0 Å². The predicted octanol–water partition coefficient (Wildman–Crippen LogP) is 2.52. The Balaban J connectivity index is 2.79. The highest BCUT2D eigenvalue weighted by molar-refractivity contribution is 5.46. The molecule has 0 aromatic heterocycles. The number of methoxy groups -OCH3 is 1. The standard InChI is InChI=1S/C12H13NO2/c1-3-4-7-15-11-6-5-10(9-13)8-12(11)14-2/h3,5-6,8H,1,4,7H2,2H3. The molecular formula is C12H13NO2. The van der Waals surface area contributed by atoms with Crippen molar-refractivity contribution in [2.45, 2.75) is 6.42 Å². The average Bonchev–Trinajstić information content (AvgIpc) is 2.29. The smallest absolute Gasteiger partial charge is 0.162 e. The monoisotopic (exact) mass is 203 g/mol. The number of hydrogen-bond acceptors (Lipinski definition) is 3. The van der Waals surface area contributed by atoms with Gasteiger partial charge in [0.1, 0.15) is 0 Å². The Bertz CT molecular complexity index is 380. The van der Waals surface area contributed by atoms with Gasteiger partial charge in [-0.15, -0.1) is 6.58 Å². The first-order valence-electron chi connectivity index (χ1n) is 4.63. The molecule has 0 saturated carbocycles. The van der Waals surface area contributed by atoms with Gasteiger partial charge in [0.05, 0.1) is 25.3 Å². The number of ether oxygens (including phenoxy) is 2. The maximum absolute atomic E-state index is 8.70. The summed E-state index contributed by atoms with van der Waals surface area (Å²) in [6, 6.07) is 7.14. The molecule has 0 atom stereocenters. The zero-order chi connectivity index (χ0) is 11.1. The predicted molar refractivity (Wildman–Crippen MR) is 58.0 cm³/mol. The molecule has 0 bridgehead atoms. The van der Waals surface area contributed by atoms with Gasteiger partial charge in [0.15, 0.2) is 11.5 Å². The maximum Gasteiger partial charge on any atom is 0.162 e. The van der Waals surface area contributed by atoms with Crippen LogP contribution in [-0.4, -0.2) is 13.7 Å². The minimum atomic E-state index is 0.558. The van der Waals surface area contributed by atoms with Gasteiger partial charge in [-0.05, 0) is 18.6 Å². The molecule has 1 rings (SSSR count). The van der Waals surface area contributed by atoms with E-state index in [2.05, 4.69) is 6.58 Å². The second-order valence-corrected chi connectivity index (χ2v) is 2.90. The summed E-state index contributed by atoms with van der Waals surface area (Å²) in [4.78, 5) is 0. The molecule has 1 aromatic rings. The van der Waals surface area contributed by atoms with Crippen LogP contribution < -0.4 is 9.47 Å². The summed E-state index contributed by atoms with van der Waals surface area (Å²) < 4.78 is 10.6. The molecule has 15 heavy (non-hydrogen) atoms. The van der Waals surface area contributed by atoms with Crippen LogP contribution in [0.1, 0.15) is 12.0 Å². The molecule has 0 aliphatic heterocycles. The van der Waals surface area contributed by atoms with Crippen molar-refractivity contribution in [3.8, 4) is 17.6 Å². The minimum absolute atomic E-state index is 0.558. The van der Waals surface area contributed by atoms with Gasteiger partial charge >= 0.3 is 0 Å². The molecule has 0 spiro atoms. The first kappa shape index (κ1) is 11.1. The minimum Gasteiger partial charge on any atom is -0.493 e. The van der Waals surface area contributed by atoms with Gasteiger partial charge < -0.3 is 9.47 Å². The molecule has 0 saturated heterocycles. The quantitative estimate of drug-likeness (QED) is 0.545. The third-order valence-electron chi connectivity index (χ3n) is 1.87. The lowest BCUT2D eigenvalue weighted by atomic mass is 10.2. The Hall–Kier alpha value is -1.95. The lowest BCUT2D eigenvalue weighted by Gasteiger charge is -2.09. The van der Waals surface area contributed by atoms with E-state index in [0.29, 0.717) is 23.7 Å². The molecule has 0 heterocycles. The molecule has 0 radical (unpaired) electrons. The van der Waals surface area contributed by atoms with E-state index in [-0.39, 0.29) is 0 Å². The molecule has 3 heteroatoms. The third kappa shape index (κ3) is 3.03. The fourth-order valence-electron chi connectivity index (χ4n) is 1.11. The molecular weight excluding hydrogens is 190 g/mol. The van der Waals surface area contributed by atoms with Crippen molar-refractivity contribution < 1.29 is 9.47 Å². The normalized spacial score (nSPS) is 9.07. The van der Waals surface area contributed by atoms with Crippen LogP contribution in [0.3, 0.4) is 0 Å². The van der Waals surface area contributed by atoms with Crippen LogP contribution in [0.2, 0.25) is 0 Å². The van der Waals surface area contributed by atoms with E-state index >= 15 is 0 Å². The van der Waals surface area contributed by atoms with E-state index in [9.17, 15) is 0 Å². The first-order valence-corrected chi connectivity index (χ1v) is 4.63. The highest BCUT2D eigenvalue weighted by Crippen LogP contribution is 2.27. The van der Waals surface area contributed by atoms with E-state index in [1.54, 1.807) is 31.4 Å². The van der Waals surface area contributed by atoms with Crippen molar-refractivity contribution in [3.63, 3.8) is 0 Å². The van der Waals surface area contributed by atoms with Gasteiger partial charge in [-0.1, -0.05) is 6.08 Å². The Morgan fingerprint density at radius 3 is 2.87 bits per heavy atom. The van der Waals surface area contributed by atoms with Gasteiger partial charge in [-0.2, -0.15) is 5.26 Å². The van der Waals surface area contributed by atoms with Crippen molar-refractivity contribution >= 4 is 0 Å². The summed E-state index contributed by atoms with van der Waals surface area (Å²) in [6.07, 6.45) is 2.57. The summed E-state index contributed by atoms with van der Waals surface area (Å²) >= 11 is 0. The Kier molecular flexibility index (Phi) is 4.24. The molecule has 0 fully saturated rings. The van der Waals surface area contributed by atoms with E-state index in [4.69, 9.17) is 14.7 Å². The largest absolute Gasteiger partial charge is 0.493 e. The molecule has 0 aliphatic carbocycles. The van der Waals surface area contributed by atoms with Crippen molar-refractivity contribution in [3.05, 3.63) is 36.4 Å². The van der Waals surface area contributed by atoms with Crippen LogP contribution in [0.15, 0.2) is 30.9 Å². The number of rotatable bonds is 5. The molecule has 1 aromatic carbocycles. The second kappa shape index (κ2) is 5.71. The topological polar surface area (TPSA) is 42.2 Å². The molecule has 0 N–H and O–H groups in total. The second-order valence-electron chi connectivity index (χ2n) is 2.90. The van der Waals surface area contributed by atoms with E-state index in [1.165, 1.54) is 0 Å². The van der Waals surface area contributed by atoms with Crippen LogP contribution in [0, 0.1) is 11.3 Å². The Labute approximate surface area is 89.6 Å². The van der Waals surface area contributed by atoms with Crippen molar-refractivity contribution in [2.75, 3.05) is 13.7 Å². The van der Waals surface area contributed by atoms with Crippen molar-refractivity contribution in [1.82, 2.24) is 0 Å². The number of benzene rings is 1. The Morgan fingerprint density at radius 1 is 1.47 bits per heavy atom. The summed E-state index contributed by atoms with van der Waals surface area (Å²) in [5.74, 6) is 1.23. The van der Waals surface area contributed by atoms with Gasteiger partial charge in [0, 0.05) is 6.07 Å². The average molecular weight is 203 g/mol. The molecule has 0 amide bonds. The van der Waals surface area contributed by atoms with Crippen molar-refractivity contribution in [1.29, 1.82) is 5.26 Å². The fraction of sp³-hybridized carbons (Fsp3) is 0.250. The number of hydrogen-bond donors (Lipinski definition) is 0. The molecule has 78 valence electrons. The van der Waals surface area contributed by atoms with Gasteiger partial charge in [0.25, 0.3) is 0 Å². The summed E-state index contributed by atoms with van der Waals surface area (Å²) in [6.45, 7) is 4.17. The molecule has 0 aliphatic rings. The van der Waals surface area contributed by atoms with E-state index in [0.717, 1.165) is 6.42 Å². The van der Waals surface area contributed by atoms with Crippen LogP contribution in [0.4, 0.5) is 0 Å². The van der Waals surface area contributed by atoms with Crippen LogP contribution in [0.5, 0.6) is 11.5 Å². The SMILES string of the molecule is C=CCCOc1ccc(C#N)cc1OC. The fourth-order valence-corrected chi connectivity index (χ4v) is 1.11. The summed E-state index contributed by atoms with van der Waals surface area (Å²) in [7, 11) is 1.55. The summed E-state index contributed by atoms with van der Waals surface area (Å²) in [5.41, 5.74) is 0.558. The highest BCUT2D eigenvalue weighted by Gasteiger charge is 2.04. The first-order chi connectivity index (χ1) is 7.31. The van der Waals surface area contributed by atoms with Crippen LogP contribution >= 0.6 is 0 Å². The van der Waals surface area contributed by atoms with Gasteiger partial charge in [-0.3, -0.25) is 0 Å². The zero-order valence-corrected chi connectivity index (χ0v) is 8.69. The van der Waals surface area contributed by atoms with Gasteiger partial charge in [-0.25, -0.2) is 0 Å². The highest BCUT2D eigenvalue weighted by atomic mass is 16.5. The number of nitriles is 1. The third-order valence-corrected chi connectivity index (χ3v) is 1.87. The van der Waals surface area contributed by atoms with E-state index in [1.807, 2.05) is 6.07 Å². The van der Waals surface area contributed by atoms with Crippen molar-refractivity contribution in [2.24, 2.45) is 0 Å². The zero-order valence-electron chi connectivity index (χ0n) is 8.69. The lowest BCUT2D eigenvalue weighted by Crippen LogP contribution is -1.98. The van der Waals surface area contributed by atoms with Gasteiger partial charge in [0.2, 0.25) is 0 Å². The maximum atomic E-state index is 8.70. The molecule has 0 unspecified atom stereocenters. The number of nitrogens with zero attached hydrogens (tertiary/aromatic N) is 1. The molecule has 3 nitrogen and oxygen atoms in total. The van der Waals surface area contributed by atoms with E-state index < -0.39 is 0 Å². The summed E-state index contributed by atoms with van der Waals surface area (Å²) in [5, 5.41) is 8.70. The van der Waals surface area contributed by atoms with Crippen LogP contribution in [0.25, 0.3) is 0 Å². The Morgan fingerprint density at radius 2 is 2.27 bits per heavy atom.